The van der Waals surface area contributed by atoms with Gasteiger partial charge in [0.15, 0.2) is 0 Å². The van der Waals surface area contributed by atoms with E-state index in [1.54, 1.807) is 6.07 Å². The highest BCUT2D eigenvalue weighted by molar-refractivity contribution is 5.39. The smallest absolute Gasteiger partial charge is 0.224 e. The van der Waals surface area contributed by atoms with Crippen LogP contribution in [0.1, 0.15) is 18.3 Å². The molecule has 0 bridgehead atoms. The summed E-state index contributed by atoms with van der Waals surface area (Å²) < 4.78 is 5.67. The van der Waals surface area contributed by atoms with E-state index >= 15 is 0 Å². The van der Waals surface area contributed by atoms with Crippen LogP contribution < -0.4 is 16.0 Å². The minimum atomic E-state index is 0.485. The maximum atomic E-state index is 5.67. The summed E-state index contributed by atoms with van der Waals surface area (Å²) >= 11 is 0. The van der Waals surface area contributed by atoms with Gasteiger partial charge in [-0.25, -0.2) is 10.8 Å². The normalized spacial score (nSPS) is 10.2. The summed E-state index contributed by atoms with van der Waals surface area (Å²) in [5.41, 5.74) is 3.69. The number of hydrazine groups is 1. The quantitative estimate of drug-likeness (QED) is 0.638. The first kappa shape index (κ1) is 12.3. The number of hydrogen-bond donors (Lipinski definition) is 2. The number of hydrogen-bond acceptors (Lipinski definition) is 5. The lowest BCUT2D eigenvalue weighted by molar-refractivity contribution is 0.459. The molecule has 2 aromatic rings. The van der Waals surface area contributed by atoms with Gasteiger partial charge < -0.3 is 10.2 Å². The maximum absolute atomic E-state index is 5.67. The lowest BCUT2D eigenvalue weighted by Crippen LogP contribution is -2.10. The van der Waals surface area contributed by atoms with Crippen LogP contribution in [0.5, 0.6) is 11.6 Å². The Balaban J connectivity index is 2.25. The molecule has 5 heteroatoms. The van der Waals surface area contributed by atoms with Crippen molar-refractivity contribution in [3.8, 4) is 11.6 Å². The third-order valence-corrected chi connectivity index (χ3v) is 2.46. The van der Waals surface area contributed by atoms with Crippen molar-refractivity contribution in [1.29, 1.82) is 0 Å². The van der Waals surface area contributed by atoms with Gasteiger partial charge in [0.2, 0.25) is 5.88 Å². The van der Waals surface area contributed by atoms with E-state index < -0.39 is 0 Å². The summed E-state index contributed by atoms with van der Waals surface area (Å²) in [4.78, 5) is 8.49. The summed E-state index contributed by atoms with van der Waals surface area (Å²) in [7, 11) is 0. The predicted octanol–water partition coefficient (Wildman–Crippen LogP) is 2.43. The molecule has 1 aromatic carbocycles. The molecule has 0 aliphatic carbocycles. The second-order valence-corrected chi connectivity index (χ2v) is 3.92. The number of aryl methyl sites for hydroxylation is 2. The number of nitrogens with two attached hydrogens (primary N) is 1. The largest absolute Gasteiger partial charge is 0.439 e. The molecule has 0 aliphatic heterocycles. The average Bonchev–Trinajstić information content (AvgIpc) is 2.41. The van der Waals surface area contributed by atoms with Crippen molar-refractivity contribution in [2.24, 2.45) is 5.84 Å². The van der Waals surface area contributed by atoms with Crippen LogP contribution in [0.2, 0.25) is 0 Å². The fourth-order valence-electron chi connectivity index (χ4n) is 1.48. The van der Waals surface area contributed by atoms with E-state index in [0.29, 0.717) is 17.5 Å². The van der Waals surface area contributed by atoms with E-state index in [1.165, 1.54) is 5.56 Å². The van der Waals surface area contributed by atoms with Gasteiger partial charge in [-0.2, -0.15) is 4.98 Å². The molecule has 0 fully saturated rings. The third kappa shape index (κ3) is 2.95. The molecule has 0 radical (unpaired) electrons. The molecule has 0 unspecified atom stereocenters. The van der Waals surface area contributed by atoms with Crippen molar-refractivity contribution in [3.05, 3.63) is 41.7 Å². The van der Waals surface area contributed by atoms with Crippen LogP contribution in [0.25, 0.3) is 0 Å². The fraction of sp³-hybridized carbons (Fsp3) is 0.231. The Labute approximate surface area is 106 Å². The zero-order valence-corrected chi connectivity index (χ0v) is 10.5. The summed E-state index contributed by atoms with van der Waals surface area (Å²) in [6.45, 7) is 4.01. The van der Waals surface area contributed by atoms with Gasteiger partial charge in [-0.15, -0.1) is 0 Å². The molecule has 18 heavy (non-hydrogen) atoms. The molecule has 0 saturated carbocycles. The van der Waals surface area contributed by atoms with E-state index in [9.17, 15) is 0 Å². The Morgan fingerprint density at radius 2 is 1.94 bits per heavy atom. The molecule has 0 atom stereocenters. The molecule has 0 amide bonds. The van der Waals surface area contributed by atoms with Crippen molar-refractivity contribution in [2.45, 2.75) is 20.3 Å². The van der Waals surface area contributed by atoms with E-state index in [1.807, 2.05) is 38.1 Å². The summed E-state index contributed by atoms with van der Waals surface area (Å²) in [6, 6.07) is 9.44. The number of nitrogens with zero attached hydrogens (tertiary/aromatic N) is 2. The third-order valence-electron chi connectivity index (χ3n) is 2.46. The second kappa shape index (κ2) is 5.46. The number of nitrogen functional groups attached to an aromatic ring is 1. The highest BCUT2D eigenvalue weighted by Crippen LogP contribution is 2.21. The molecular formula is C13H16N4O. The first-order valence-corrected chi connectivity index (χ1v) is 5.80. The Bertz CT molecular complexity index is 503. The molecule has 94 valence electrons. The predicted molar refractivity (Wildman–Crippen MR) is 70.5 cm³/mol. The minimum Gasteiger partial charge on any atom is -0.439 e. The van der Waals surface area contributed by atoms with Crippen LogP contribution in [-0.4, -0.2) is 9.97 Å². The molecule has 0 spiro atoms. The van der Waals surface area contributed by atoms with Gasteiger partial charge in [-0.05, 0) is 19.1 Å². The number of benzene rings is 1. The second-order valence-electron chi connectivity index (χ2n) is 3.92. The highest BCUT2D eigenvalue weighted by Gasteiger charge is 2.04. The van der Waals surface area contributed by atoms with Gasteiger partial charge in [-0.1, -0.05) is 24.6 Å². The fourth-order valence-corrected chi connectivity index (χ4v) is 1.48. The SMILES string of the molecule is CCc1nc(NN)cc(Oc2ccc(C)cc2)n1. The zero-order chi connectivity index (χ0) is 13.0. The number of aromatic nitrogens is 2. The van der Waals surface area contributed by atoms with E-state index in [-0.39, 0.29) is 0 Å². The van der Waals surface area contributed by atoms with E-state index in [4.69, 9.17) is 10.6 Å². The Morgan fingerprint density at radius 3 is 2.56 bits per heavy atom. The summed E-state index contributed by atoms with van der Waals surface area (Å²) in [6.07, 6.45) is 0.722. The van der Waals surface area contributed by atoms with Gasteiger partial charge in [-0.3, -0.25) is 0 Å². The minimum absolute atomic E-state index is 0.485. The first-order chi connectivity index (χ1) is 8.71. The van der Waals surface area contributed by atoms with Crippen LogP contribution in [0.15, 0.2) is 30.3 Å². The molecule has 0 saturated heterocycles. The van der Waals surface area contributed by atoms with Gasteiger partial charge in [0, 0.05) is 12.5 Å². The maximum Gasteiger partial charge on any atom is 0.224 e. The van der Waals surface area contributed by atoms with Crippen molar-refractivity contribution >= 4 is 5.82 Å². The Kier molecular flexibility index (Phi) is 3.74. The van der Waals surface area contributed by atoms with Gasteiger partial charge in [0.1, 0.15) is 17.4 Å². The molecule has 1 heterocycles. The van der Waals surface area contributed by atoms with Crippen molar-refractivity contribution in [3.63, 3.8) is 0 Å². The molecule has 5 nitrogen and oxygen atoms in total. The lowest BCUT2D eigenvalue weighted by atomic mass is 10.2. The van der Waals surface area contributed by atoms with Crippen LogP contribution in [0.3, 0.4) is 0 Å². The van der Waals surface area contributed by atoms with Crippen molar-refractivity contribution in [1.82, 2.24) is 9.97 Å². The monoisotopic (exact) mass is 244 g/mol. The van der Waals surface area contributed by atoms with Crippen molar-refractivity contribution in [2.75, 3.05) is 5.43 Å². The number of rotatable bonds is 4. The molecule has 3 N–H and O–H groups in total. The van der Waals surface area contributed by atoms with Crippen LogP contribution in [-0.2, 0) is 6.42 Å². The average molecular weight is 244 g/mol. The highest BCUT2D eigenvalue weighted by atomic mass is 16.5. The van der Waals surface area contributed by atoms with Crippen LogP contribution in [0.4, 0.5) is 5.82 Å². The number of ether oxygens (including phenoxy) is 1. The van der Waals surface area contributed by atoms with E-state index in [2.05, 4.69) is 15.4 Å². The van der Waals surface area contributed by atoms with Crippen LogP contribution >= 0.6 is 0 Å². The van der Waals surface area contributed by atoms with Gasteiger partial charge in [0.25, 0.3) is 0 Å². The van der Waals surface area contributed by atoms with Crippen molar-refractivity contribution < 1.29 is 4.74 Å². The summed E-state index contributed by atoms with van der Waals surface area (Å²) in [5, 5.41) is 0. The number of nitrogens with one attached hydrogen (secondary N) is 1. The lowest BCUT2D eigenvalue weighted by Gasteiger charge is -2.08. The van der Waals surface area contributed by atoms with Gasteiger partial charge >= 0.3 is 0 Å². The molecule has 1 aromatic heterocycles. The number of anilines is 1. The van der Waals surface area contributed by atoms with Crippen LogP contribution in [0, 0.1) is 6.92 Å². The zero-order valence-electron chi connectivity index (χ0n) is 10.5. The van der Waals surface area contributed by atoms with Gasteiger partial charge in [0.05, 0.1) is 0 Å². The van der Waals surface area contributed by atoms with E-state index in [0.717, 1.165) is 12.2 Å². The first-order valence-electron chi connectivity index (χ1n) is 5.80. The summed E-state index contributed by atoms with van der Waals surface area (Å²) in [5.74, 6) is 7.82. The molecular weight excluding hydrogens is 228 g/mol. The topological polar surface area (TPSA) is 73.1 Å². The molecule has 0 aliphatic rings. The Morgan fingerprint density at radius 1 is 1.22 bits per heavy atom. The standard InChI is InChI=1S/C13H16N4O/c1-3-11-15-12(17-14)8-13(16-11)18-10-6-4-9(2)5-7-10/h4-8H,3,14H2,1-2H3,(H,15,16,17). The Hall–Kier alpha value is -2.14. The molecule has 2 rings (SSSR count).